The average Bonchev–Trinajstić information content (AvgIpc) is 3.01. The van der Waals surface area contributed by atoms with E-state index < -0.39 is 5.66 Å². The fourth-order valence-corrected chi connectivity index (χ4v) is 4.01. The summed E-state index contributed by atoms with van der Waals surface area (Å²) in [6, 6.07) is 8.24. The molecule has 1 aromatic heterocycles. The van der Waals surface area contributed by atoms with E-state index in [1.54, 1.807) is 12.4 Å². The minimum atomic E-state index is -0.412. The minimum absolute atomic E-state index is 0.271. The zero-order valence-corrected chi connectivity index (χ0v) is 15.2. The van der Waals surface area contributed by atoms with E-state index in [0.29, 0.717) is 17.5 Å². The van der Waals surface area contributed by atoms with E-state index >= 15 is 0 Å². The highest BCUT2D eigenvalue weighted by Gasteiger charge is 2.42. The number of nitrogens with zero attached hydrogens (tertiary/aromatic N) is 5. The van der Waals surface area contributed by atoms with Crippen LogP contribution in [0.1, 0.15) is 37.7 Å². The summed E-state index contributed by atoms with van der Waals surface area (Å²) in [5.74, 6) is 0.679. The zero-order valence-electron chi connectivity index (χ0n) is 14.5. The van der Waals surface area contributed by atoms with Crippen molar-refractivity contribution in [3.05, 3.63) is 47.2 Å². The third kappa shape index (κ3) is 3.14. The molecule has 0 saturated heterocycles. The second-order valence-corrected chi connectivity index (χ2v) is 7.28. The molecule has 1 aromatic carbocycles. The SMILES string of the molecule is NC1=NC2(CCCCC2)N(c2ccc(Cn3cc(Cl)cn3)cc2)C(N)=N1. The Kier molecular flexibility index (Phi) is 4.32. The minimum Gasteiger partial charge on any atom is -0.369 e. The molecule has 26 heavy (non-hydrogen) atoms. The molecule has 136 valence electrons. The van der Waals surface area contributed by atoms with E-state index in [2.05, 4.69) is 34.4 Å². The first-order valence-corrected chi connectivity index (χ1v) is 9.20. The van der Waals surface area contributed by atoms with Crippen molar-refractivity contribution in [2.24, 2.45) is 21.5 Å². The molecule has 0 radical (unpaired) electrons. The molecule has 0 atom stereocenters. The molecule has 0 bridgehead atoms. The quantitative estimate of drug-likeness (QED) is 0.866. The first-order valence-electron chi connectivity index (χ1n) is 8.82. The Hall–Kier alpha value is -2.54. The molecule has 4 rings (SSSR count). The number of halogens is 1. The number of guanidine groups is 2. The lowest BCUT2D eigenvalue weighted by atomic mass is 9.87. The highest BCUT2D eigenvalue weighted by atomic mass is 35.5. The molecule has 2 aliphatic rings. The van der Waals surface area contributed by atoms with Crippen LogP contribution in [0.2, 0.25) is 5.02 Å². The predicted molar refractivity (Wildman–Crippen MR) is 104 cm³/mol. The van der Waals surface area contributed by atoms with Gasteiger partial charge >= 0.3 is 0 Å². The molecule has 4 N–H and O–H groups in total. The molecule has 1 aliphatic heterocycles. The van der Waals surface area contributed by atoms with E-state index in [-0.39, 0.29) is 5.96 Å². The van der Waals surface area contributed by atoms with Gasteiger partial charge in [0, 0.05) is 11.9 Å². The first kappa shape index (κ1) is 16.9. The van der Waals surface area contributed by atoms with Crippen molar-refractivity contribution in [3.8, 4) is 0 Å². The number of hydrogen-bond acceptors (Lipinski definition) is 6. The Bertz CT molecular complexity index is 847. The Morgan fingerprint density at radius 1 is 1.08 bits per heavy atom. The highest BCUT2D eigenvalue weighted by molar-refractivity contribution is 6.30. The maximum Gasteiger partial charge on any atom is 0.220 e. The second-order valence-electron chi connectivity index (χ2n) is 6.84. The molecule has 0 unspecified atom stereocenters. The van der Waals surface area contributed by atoms with Crippen LogP contribution in [-0.4, -0.2) is 27.4 Å². The Balaban J connectivity index is 1.61. The molecular formula is C18H22ClN7. The van der Waals surface area contributed by atoms with Crippen LogP contribution in [0.4, 0.5) is 5.69 Å². The van der Waals surface area contributed by atoms with Gasteiger partial charge in [0.05, 0.1) is 17.8 Å². The van der Waals surface area contributed by atoms with Crippen LogP contribution < -0.4 is 16.4 Å². The van der Waals surface area contributed by atoms with Crippen molar-refractivity contribution in [2.45, 2.75) is 44.3 Å². The molecule has 7 nitrogen and oxygen atoms in total. The monoisotopic (exact) mass is 371 g/mol. The zero-order chi connectivity index (χ0) is 18.1. The number of nitrogens with two attached hydrogens (primary N) is 2. The molecule has 8 heteroatoms. The van der Waals surface area contributed by atoms with Crippen LogP contribution in [0.25, 0.3) is 0 Å². The van der Waals surface area contributed by atoms with Crippen LogP contribution >= 0.6 is 11.6 Å². The van der Waals surface area contributed by atoms with Gasteiger partial charge in [0.15, 0.2) is 0 Å². The van der Waals surface area contributed by atoms with E-state index in [4.69, 9.17) is 28.1 Å². The maximum atomic E-state index is 6.26. The van der Waals surface area contributed by atoms with Crippen molar-refractivity contribution in [1.82, 2.24) is 9.78 Å². The summed E-state index contributed by atoms with van der Waals surface area (Å²) in [6.07, 6.45) is 8.73. The highest BCUT2D eigenvalue weighted by Crippen LogP contribution is 2.39. The van der Waals surface area contributed by atoms with Gasteiger partial charge in [-0.1, -0.05) is 30.2 Å². The normalized spacial score (nSPS) is 19.3. The second kappa shape index (κ2) is 6.64. The summed E-state index contributed by atoms with van der Waals surface area (Å²) in [7, 11) is 0. The van der Waals surface area contributed by atoms with Gasteiger partial charge in [0.1, 0.15) is 5.66 Å². The predicted octanol–water partition coefficient (Wildman–Crippen LogP) is 2.69. The van der Waals surface area contributed by atoms with E-state index in [0.717, 1.165) is 36.9 Å². The lowest BCUT2D eigenvalue weighted by Crippen LogP contribution is -2.58. The maximum absolute atomic E-state index is 6.26. The summed E-state index contributed by atoms with van der Waals surface area (Å²) in [5, 5.41) is 4.85. The van der Waals surface area contributed by atoms with Gasteiger partial charge in [-0.25, -0.2) is 4.99 Å². The van der Waals surface area contributed by atoms with Crippen LogP contribution in [-0.2, 0) is 6.54 Å². The van der Waals surface area contributed by atoms with Crippen LogP contribution in [0.15, 0.2) is 46.6 Å². The van der Waals surface area contributed by atoms with Crippen molar-refractivity contribution < 1.29 is 0 Å². The third-order valence-corrected chi connectivity index (χ3v) is 5.19. The van der Waals surface area contributed by atoms with Crippen LogP contribution in [0.3, 0.4) is 0 Å². The molecule has 0 amide bonds. The summed E-state index contributed by atoms with van der Waals surface area (Å²) >= 11 is 5.92. The fourth-order valence-electron chi connectivity index (χ4n) is 3.86. The first-order chi connectivity index (χ1) is 12.6. The van der Waals surface area contributed by atoms with Crippen LogP contribution in [0, 0.1) is 0 Å². The van der Waals surface area contributed by atoms with E-state index in [1.165, 1.54) is 6.42 Å². The lowest BCUT2D eigenvalue weighted by molar-refractivity contribution is 0.305. The number of aromatic nitrogens is 2. The number of benzene rings is 1. The Morgan fingerprint density at radius 2 is 1.81 bits per heavy atom. The van der Waals surface area contributed by atoms with Gasteiger partial charge in [-0.2, -0.15) is 10.1 Å². The molecule has 2 heterocycles. The summed E-state index contributed by atoms with van der Waals surface area (Å²) in [4.78, 5) is 10.9. The Morgan fingerprint density at radius 3 is 2.46 bits per heavy atom. The molecular weight excluding hydrogens is 350 g/mol. The van der Waals surface area contributed by atoms with Crippen molar-refractivity contribution >= 4 is 29.2 Å². The van der Waals surface area contributed by atoms with Gasteiger partial charge < -0.3 is 11.5 Å². The van der Waals surface area contributed by atoms with Gasteiger partial charge in [-0.15, -0.1) is 0 Å². The van der Waals surface area contributed by atoms with Crippen LogP contribution in [0.5, 0.6) is 0 Å². The van der Waals surface area contributed by atoms with Gasteiger partial charge in [0.2, 0.25) is 11.9 Å². The van der Waals surface area contributed by atoms with E-state index in [1.807, 2.05) is 9.58 Å². The van der Waals surface area contributed by atoms with Crippen molar-refractivity contribution in [2.75, 3.05) is 4.90 Å². The fraction of sp³-hybridized carbons (Fsp3) is 0.389. The van der Waals surface area contributed by atoms with Crippen molar-refractivity contribution in [1.29, 1.82) is 0 Å². The molecule has 2 aromatic rings. The molecule has 1 fully saturated rings. The molecule has 1 aliphatic carbocycles. The summed E-state index contributed by atoms with van der Waals surface area (Å²) in [5.41, 5.74) is 13.9. The number of anilines is 1. The standard InChI is InChI=1S/C18H22ClN7/c19-14-10-22-25(12-14)11-13-4-6-15(7-5-13)26-17(21)23-16(20)24-18(26)8-2-1-3-9-18/h4-7,10,12H,1-3,8-9,11H2,(H4,20,21,23,24). The summed E-state index contributed by atoms with van der Waals surface area (Å²) in [6.45, 7) is 0.660. The van der Waals surface area contributed by atoms with Gasteiger partial charge in [-0.05, 0) is 43.4 Å². The molecule has 1 spiro atoms. The van der Waals surface area contributed by atoms with Crippen molar-refractivity contribution in [3.63, 3.8) is 0 Å². The average molecular weight is 372 g/mol. The smallest absolute Gasteiger partial charge is 0.220 e. The Labute approximate surface area is 157 Å². The number of hydrogen-bond donors (Lipinski definition) is 2. The number of rotatable bonds is 3. The molecule has 1 saturated carbocycles. The lowest BCUT2D eigenvalue weighted by Gasteiger charge is -2.45. The summed E-state index contributed by atoms with van der Waals surface area (Å²) < 4.78 is 1.81. The van der Waals surface area contributed by atoms with Gasteiger partial charge in [-0.3, -0.25) is 9.58 Å². The van der Waals surface area contributed by atoms with E-state index in [9.17, 15) is 0 Å². The number of aliphatic imine (C=N–C) groups is 2. The third-order valence-electron chi connectivity index (χ3n) is 4.99. The topological polar surface area (TPSA) is 97.8 Å². The van der Waals surface area contributed by atoms with Gasteiger partial charge in [0.25, 0.3) is 0 Å². The largest absolute Gasteiger partial charge is 0.369 e.